The Labute approximate surface area is 159 Å². The summed E-state index contributed by atoms with van der Waals surface area (Å²) in [5, 5.41) is 3.03. The molecule has 5 heteroatoms. The van der Waals surface area contributed by atoms with Crippen molar-refractivity contribution in [3.63, 3.8) is 0 Å². The maximum absolute atomic E-state index is 13.8. The van der Waals surface area contributed by atoms with E-state index in [4.69, 9.17) is 4.74 Å². The number of halogens is 1. The SMILES string of the molecule is C=C(C)CC(C)(COc1ccccc1F)NC(=O)c1cnc2c(c1)CCC2. The number of rotatable bonds is 7. The second-order valence-corrected chi connectivity index (χ2v) is 7.55. The number of hydrogen-bond acceptors (Lipinski definition) is 3. The fraction of sp³-hybridized carbons (Fsp3) is 0.364. The first kappa shape index (κ1) is 19.1. The number of aromatic nitrogens is 1. The van der Waals surface area contributed by atoms with Gasteiger partial charge in [-0.2, -0.15) is 0 Å². The Bertz CT molecular complexity index is 865. The molecule has 0 saturated carbocycles. The van der Waals surface area contributed by atoms with Crippen molar-refractivity contribution in [1.82, 2.24) is 10.3 Å². The molecule has 1 N–H and O–H groups in total. The first-order valence-electron chi connectivity index (χ1n) is 9.18. The van der Waals surface area contributed by atoms with E-state index in [0.29, 0.717) is 12.0 Å². The highest BCUT2D eigenvalue weighted by atomic mass is 19.1. The summed E-state index contributed by atoms with van der Waals surface area (Å²) >= 11 is 0. The van der Waals surface area contributed by atoms with Crippen LogP contribution in [0.2, 0.25) is 0 Å². The molecule has 2 aromatic rings. The number of amides is 1. The fourth-order valence-corrected chi connectivity index (χ4v) is 3.49. The van der Waals surface area contributed by atoms with Gasteiger partial charge in [-0.1, -0.05) is 17.7 Å². The molecular formula is C22H25FN2O2. The summed E-state index contributed by atoms with van der Waals surface area (Å²) < 4.78 is 19.5. The lowest BCUT2D eigenvalue weighted by atomic mass is 9.94. The molecule has 1 unspecified atom stereocenters. The Hall–Kier alpha value is -2.69. The maximum Gasteiger partial charge on any atom is 0.253 e. The maximum atomic E-state index is 13.8. The molecule has 0 saturated heterocycles. The molecule has 0 bridgehead atoms. The van der Waals surface area contributed by atoms with E-state index in [1.807, 2.05) is 19.9 Å². The number of carbonyl (C=O) groups is 1. The van der Waals surface area contributed by atoms with Crippen LogP contribution >= 0.6 is 0 Å². The second kappa shape index (κ2) is 7.91. The van der Waals surface area contributed by atoms with Crippen LogP contribution in [0.25, 0.3) is 0 Å². The summed E-state index contributed by atoms with van der Waals surface area (Å²) in [6, 6.07) is 8.16. The van der Waals surface area contributed by atoms with Crippen molar-refractivity contribution in [2.75, 3.05) is 6.61 Å². The quantitative estimate of drug-likeness (QED) is 0.744. The average Bonchev–Trinajstić information content (AvgIpc) is 3.08. The number of ether oxygens (including phenoxy) is 1. The van der Waals surface area contributed by atoms with Crippen LogP contribution in [0.1, 0.15) is 48.3 Å². The molecule has 1 aromatic carbocycles. The number of fused-ring (bicyclic) bond motifs is 1. The number of aryl methyl sites for hydroxylation is 2. The van der Waals surface area contributed by atoms with E-state index in [1.54, 1.807) is 24.4 Å². The molecule has 0 aliphatic heterocycles. The molecule has 1 amide bonds. The summed E-state index contributed by atoms with van der Waals surface area (Å²) in [5.74, 6) is -0.471. The van der Waals surface area contributed by atoms with Crippen molar-refractivity contribution in [1.29, 1.82) is 0 Å². The minimum Gasteiger partial charge on any atom is -0.488 e. The van der Waals surface area contributed by atoms with E-state index in [9.17, 15) is 9.18 Å². The number of hydrogen-bond donors (Lipinski definition) is 1. The molecule has 1 aliphatic carbocycles. The minimum absolute atomic E-state index is 0.130. The molecule has 0 spiro atoms. The van der Waals surface area contributed by atoms with E-state index in [0.717, 1.165) is 36.1 Å². The Morgan fingerprint density at radius 3 is 2.89 bits per heavy atom. The Balaban J connectivity index is 1.74. The summed E-state index contributed by atoms with van der Waals surface area (Å²) in [5.41, 5.74) is 2.95. The van der Waals surface area contributed by atoms with Crippen molar-refractivity contribution >= 4 is 5.91 Å². The fourth-order valence-electron chi connectivity index (χ4n) is 3.49. The standard InChI is InChI=1S/C22H25FN2O2/c1-15(2)12-22(3,14-27-20-10-5-4-8-18(20)23)25-21(26)17-11-16-7-6-9-19(16)24-13-17/h4-5,8,10-11,13H,1,6-7,9,12,14H2,2-3H3,(H,25,26). The van der Waals surface area contributed by atoms with Crippen molar-refractivity contribution < 1.29 is 13.9 Å². The zero-order valence-electron chi connectivity index (χ0n) is 15.8. The third kappa shape index (κ3) is 4.73. The van der Waals surface area contributed by atoms with Crippen molar-refractivity contribution in [3.8, 4) is 5.75 Å². The molecule has 1 atom stereocenters. The van der Waals surface area contributed by atoms with Gasteiger partial charge in [0.2, 0.25) is 0 Å². The Morgan fingerprint density at radius 2 is 2.15 bits per heavy atom. The van der Waals surface area contributed by atoms with Gasteiger partial charge in [-0.25, -0.2) is 4.39 Å². The monoisotopic (exact) mass is 368 g/mol. The smallest absolute Gasteiger partial charge is 0.253 e. The number of nitrogens with zero attached hydrogens (tertiary/aromatic N) is 1. The highest BCUT2D eigenvalue weighted by Gasteiger charge is 2.29. The lowest BCUT2D eigenvalue weighted by Crippen LogP contribution is -2.50. The van der Waals surface area contributed by atoms with Gasteiger partial charge in [0.05, 0.1) is 11.1 Å². The topological polar surface area (TPSA) is 51.2 Å². The van der Waals surface area contributed by atoms with Gasteiger partial charge in [0, 0.05) is 11.9 Å². The van der Waals surface area contributed by atoms with Gasteiger partial charge in [-0.05, 0) is 63.3 Å². The number of benzene rings is 1. The van der Waals surface area contributed by atoms with Gasteiger partial charge in [0.1, 0.15) is 6.61 Å². The third-order valence-corrected chi connectivity index (χ3v) is 4.67. The summed E-state index contributed by atoms with van der Waals surface area (Å²) in [6.07, 6.45) is 5.16. The Kier molecular flexibility index (Phi) is 5.59. The molecule has 1 aromatic heterocycles. The van der Waals surface area contributed by atoms with Crippen LogP contribution in [0, 0.1) is 5.82 Å². The third-order valence-electron chi connectivity index (χ3n) is 4.67. The predicted molar refractivity (Wildman–Crippen MR) is 103 cm³/mol. The Morgan fingerprint density at radius 1 is 1.37 bits per heavy atom. The van der Waals surface area contributed by atoms with Gasteiger partial charge in [-0.3, -0.25) is 9.78 Å². The molecule has 4 nitrogen and oxygen atoms in total. The molecule has 1 heterocycles. The summed E-state index contributed by atoms with van der Waals surface area (Å²) in [7, 11) is 0. The molecular weight excluding hydrogens is 343 g/mol. The lowest BCUT2D eigenvalue weighted by Gasteiger charge is -2.31. The highest BCUT2D eigenvalue weighted by Crippen LogP contribution is 2.23. The first-order chi connectivity index (χ1) is 12.9. The molecule has 0 radical (unpaired) electrons. The highest BCUT2D eigenvalue weighted by molar-refractivity contribution is 5.94. The average molecular weight is 368 g/mol. The lowest BCUT2D eigenvalue weighted by molar-refractivity contribution is 0.0864. The van der Waals surface area contributed by atoms with Gasteiger partial charge in [0.25, 0.3) is 5.91 Å². The van der Waals surface area contributed by atoms with E-state index in [1.165, 1.54) is 6.07 Å². The van der Waals surface area contributed by atoms with Gasteiger partial charge in [0.15, 0.2) is 11.6 Å². The van der Waals surface area contributed by atoms with Gasteiger partial charge in [-0.15, -0.1) is 6.58 Å². The van der Waals surface area contributed by atoms with Crippen LogP contribution in [0.5, 0.6) is 5.75 Å². The zero-order valence-corrected chi connectivity index (χ0v) is 15.8. The number of pyridine rings is 1. The normalized spacial score (nSPS) is 14.9. The van der Waals surface area contributed by atoms with E-state index in [2.05, 4.69) is 16.9 Å². The van der Waals surface area contributed by atoms with Crippen LogP contribution in [0.4, 0.5) is 4.39 Å². The van der Waals surface area contributed by atoms with Crippen LogP contribution in [-0.4, -0.2) is 23.0 Å². The van der Waals surface area contributed by atoms with Gasteiger partial charge < -0.3 is 10.1 Å². The predicted octanol–water partition coefficient (Wildman–Crippen LogP) is 4.24. The summed E-state index contributed by atoms with van der Waals surface area (Å²) in [6.45, 7) is 7.85. The van der Waals surface area contributed by atoms with E-state index < -0.39 is 11.4 Å². The van der Waals surface area contributed by atoms with Crippen molar-refractivity contribution in [2.24, 2.45) is 0 Å². The number of carbonyl (C=O) groups excluding carboxylic acids is 1. The molecule has 27 heavy (non-hydrogen) atoms. The van der Waals surface area contributed by atoms with Crippen molar-refractivity contribution in [3.05, 3.63) is 71.3 Å². The van der Waals surface area contributed by atoms with Gasteiger partial charge >= 0.3 is 0 Å². The van der Waals surface area contributed by atoms with E-state index >= 15 is 0 Å². The molecule has 1 aliphatic rings. The number of para-hydroxylation sites is 1. The zero-order chi connectivity index (χ0) is 19.4. The first-order valence-corrected chi connectivity index (χ1v) is 9.18. The van der Waals surface area contributed by atoms with Crippen LogP contribution in [0.3, 0.4) is 0 Å². The van der Waals surface area contributed by atoms with Crippen LogP contribution < -0.4 is 10.1 Å². The van der Waals surface area contributed by atoms with E-state index in [-0.39, 0.29) is 18.3 Å². The number of nitrogens with one attached hydrogen (secondary N) is 1. The summed E-state index contributed by atoms with van der Waals surface area (Å²) in [4.78, 5) is 17.2. The minimum atomic E-state index is -0.718. The molecule has 142 valence electrons. The van der Waals surface area contributed by atoms with Crippen molar-refractivity contribution in [2.45, 2.75) is 45.1 Å². The van der Waals surface area contributed by atoms with Crippen LogP contribution in [0.15, 0.2) is 48.7 Å². The largest absolute Gasteiger partial charge is 0.488 e. The molecule has 3 rings (SSSR count). The second-order valence-electron chi connectivity index (χ2n) is 7.55. The molecule has 0 fully saturated rings. The van der Waals surface area contributed by atoms with Crippen LogP contribution in [-0.2, 0) is 12.8 Å².